The highest BCUT2D eigenvalue weighted by molar-refractivity contribution is 5.76. The summed E-state index contributed by atoms with van der Waals surface area (Å²) in [5, 5.41) is 35.5. The average Bonchev–Trinajstić information content (AvgIpc) is 3.24. The number of amides is 1. The van der Waals surface area contributed by atoms with Crippen molar-refractivity contribution in [1.82, 2.24) is 5.32 Å². The first kappa shape index (κ1) is 63.0. The molecule has 0 heterocycles. The smallest absolute Gasteiger partial charge is 0.220 e. The molecule has 0 aromatic rings. The van der Waals surface area contributed by atoms with E-state index in [4.69, 9.17) is 14.2 Å². The van der Waals surface area contributed by atoms with Gasteiger partial charge in [0.05, 0.1) is 43.2 Å². The molecule has 0 spiro atoms. The van der Waals surface area contributed by atoms with Crippen LogP contribution in [0.5, 0.6) is 0 Å². The quantitative estimate of drug-likeness (QED) is 0.0355. The maximum absolute atomic E-state index is 13.4. The fourth-order valence-corrected chi connectivity index (χ4v) is 8.59. The fourth-order valence-electron chi connectivity index (χ4n) is 8.59. The van der Waals surface area contributed by atoms with Gasteiger partial charge in [0.1, 0.15) is 18.3 Å². The van der Waals surface area contributed by atoms with Crippen LogP contribution in [0.15, 0.2) is 12.2 Å². The second kappa shape index (κ2) is 43.3. The molecule has 0 aliphatic rings. The van der Waals surface area contributed by atoms with E-state index in [0.717, 1.165) is 38.5 Å². The van der Waals surface area contributed by atoms with Crippen molar-refractivity contribution in [2.45, 2.75) is 322 Å². The minimum absolute atomic E-state index is 0.0601. The van der Waals surface area contributed by atoms with Crippen LogP contribution in [0, 0.1) is 0 Å². The number of nitrogens with one attached hydrogen (secondary N) is 1. The summed E-state index contributed by atoms with van der Waals surface area (Å²) in [7, 11) is 0. The molecule has 0 saturated carbocycles. The molecule has 0 aliphatic heterocycles. The maximum atomic E-state index is 13.4. The van der Waals surface area contributed by atoms with Gasteiger partial charge in [-0.25, -0.2) is 0 Å². The maximum Gasteiger partial charge on any atom is 0.220 e. The summed E-state index contributed by atoms with van der Waals surface area (Å²) >= 11 is 0. The van der Waals surface area contributed by atoms with Crippen molar-refractivity contribution in [2.75, 3.05) is 19.8 Å². The van der Waals surface area contributed by atoms with E-state index in [0.29, 0.717) is 12.8 Å². The summed E-state index contributed by atoms with van der Waals surface area (Å²) in [5.41, 5.74) is -1.10. The van der Waals surface area contributed by atoms with E-state index in [1.165, 1.54) is 173 Å². The standard InChI is InChI=1S/C56H111NO7/c1-9-11-13-15-17-19-21-23-24-25-26-27-28-29-30-31-32-33-35-37-39-41-43-45-53(61)57-49(47-62-48-51(60)52(46-58)63-55(3,4)5)54(64-56(6,7)8)50(59)44-42-40-38-36-34-22-20-18-16-14-12-10-2/h13,15,49-52,54,58-60H,9-12,14,16-48H2,1-8H3,(H,57,61)/b15-13-/t49-,50+,51-,52-,54-/m0/s1. The molecule has 4 N–H and O–H groups in total. The van der Waals surface area contributed by atoms with Gasteiger partial charge in [0.15, 0.2) is 0 Å². The molecule has 64 heavy (non-hydrogen) atoms. The number of aliphatic hydroxyl groups excluding tert-OH is 3. The molecule has 0 aliphatic carbocycles. The molecule has 1 amide bonds. The Morgan fingerprint density at radius 1 is 0.500 bits per heavy atom. The van der Waals surface area contributed by atoms with Gasteiger partial charge in [-0.2, -0.15) is 0 Å². The Bertz CT molecular complexity index is 1020. The van der Waals surface area contributed by atoms with Gasteiger partial charge in [-0.15, -0.1) is 0 Å². The number of hydrogen-bond acceptors (Lipinski definition) is 7. The molecule has 0 unspecified atom stereocenters. The van der Waals surface area contributed by atoms with Crippen molar-refractivity contribution in [3.8, 4) is 0 Å². The second-order valence-corrected chi connectivity index (χ2v) is 21.3. The lowest BCUT2D eigenvalue weighted by Gasteiger charge is -2.37. The zero-order valence-electron chi connectivity index (χ0n) is 43.9. The molecule has 0 saturated heterocycles. The van der Waals surface area contributed by atoms with Crippen molar-refractivity contribution < 1.29 is 34.3 Å². The van der Waals surface area contributed by atoms with Gasteiger partial charge in [-0.05, 0) is 73.6 Å². The van der Waals surface area contributed by atoms with E-state index < -0.39 is 41.7 Å². The Morgan fingerprint density at radius 2 is 0.906 bits per heavy atom. The third-order valence-electron chi connectivity index (χ3n) is 12.3. The molecule has 8 nitrogen and oxygen atoms in total. The van der Waals surface area contributed by atoms with Crippen LogP contribution in [0.1, 0.15) is 280 Å². The Balaban J connectivity index is 4.71. The molecule has 382 valence electrons. The zero-order valence-corrected chi connectivity index (χ0v) is 43.9. The van der Waals surface area contributed by atoms with Gasteiger partial charge < -0.3 is 34.8 Å². The van der Waals surface area contributed by atoms with Gasteiger partial charge in [0.2, 0.25) is 5.91 Å². The molecule has 0 bridgehead atoms. The topological polar surface area (TPSA) is 117 Å². The van der Waals surface area contributed by atoms with Crippen LogP contribution < -0.4 is 5.32 Å². The largest absolute Gasteiger partial charge is 0.394 e. The molecule has 0 aromatic carbocycles. The molecular weight excluding hydrogens is 799 g/mol. The molecular formula is C56H111NO7. The van der Waals surface area contributed by atoms with Gasteiger partial charge in [-0.3, -0.25) is 4.79 Å². The number of rotatable bonds is 47. The number of carbonyl (C=O) groups excluding carboxylic acids is 1. The predicted molar refractivity (Wildman–Crippen MR) is 273 cm³/mol. The summed E-state index contributed by atoms with van der Waals surface area (Å²) in [6.07, 6.45) is 44.6. The van der Waals surface area contributed by atoms with E-state index in [9.17, 15) is 20.1 Å². The normalized spacial score (nSPS) is 14.9. The summed E-state index contributed by atoms with van der Waals surface area (Å²) in [6, 6.07) is -0.606. The van der Waals surface area contributed by atoms with Crippen molar-refractivity contribution in [1.29, 1.82) is 0 Å². The van der Waals surface area contributed by atoms with E-state index in [-0.39, 0.29) is 25.7 Å². The first-order valence-electron chi connectivity index (χ1n) is 27.6. The SMILES string of the molecule is CCC/C=C\CCCCCCCCCCCCCCCCCCCCC(=O)N[C@@H](COC[C@H](O)[C@H](CO)OC(C)(C)C)[C@H](OC(C)(C)C)[C@H](O)CCCCCCCCCCCCCC. The number of aliphatic hydroxyl groups is 3. The third-order valence-corrected chi connectivity index (χ3v) is 12.3. The molecule has 0 fully saturated rings. The van der Waals surface area contributed by atoms with Crippen LogP contribution in [0.2, 0.25) is 0 Å². The first-order valence-corrected chi connectivity index (χ1v) is 27.6. The van der Waals surface area contributed by atoms with Crippen LogP contribution in [0.4, 0.5) is 0 Å². The first-order chi connectivity index (χ1) is 30.7. The Labute approximate surface area is 398 Å². The fraction of sp³-hybridized carbons (Fsp3) is 0.946. The lowest BCUT2D eigenvalue weighted by Crippen LogP contribution is -2.54. The minimum Gasteiger partial charge on any atom is -0.394 e. The number of unbranched alkanes of at least 4 members (excludes halogenated alkanes) is 30. The second-order valence-electron chi connectivity index (χ2n) is 21.3. The van der Waals surface area contributed by atoms with Crippen LogP contribution in [0.25, 0.3) is 0 Å². The number of ether oxygens (including phenoxy) is 3. The molecule has 5 atom stereocenters. The molecule has 0 radical (unpaired) electrons. The summed E-state index contributed by atoms with van der Waals surface area (Å²) in [6.45, 7) is 15.7. The van der Waals surface area contributed by atoms with Crippen molar-refractivity contribution >= 4 is 5.91 Å². The van der Waals surface area contributed by atoms with Gasteiger partial charge in [0.25, 0.3) is 0 Å². The lowest BCUT2D eigenvalue weighted by molar-refractivity contribution is -0.155. The van der Waals surface area contributed by atoms with E-state index >= 15 is 0 Å². The Hall–Kier alpha value is -1.03. The monoisotopic (exact) mass is 910 g/mol. The molecule has 0 aromatic heterocycles. The summed E-state index contributed by atoms with van der Waals surface area (Å²) in [5.74, 6) is -0.0696. The highest BCUT2D eigenvalue weighted by atomic mass is 16.5. The molecule has 0 rings (SSSR count). The minimum atomic E-state index is -1.05. The van der Waals surface area contributed by atoms with Crippen molar-refractivity contribution in [2.24, 2.45) is 0 Å². The predicted octanol–water partition coefficient (Wildman–Crippen LogP) is 14.8. The number of hydrogen-bond donors (Lipinski definition) is 4. The van der Waals surface area contributed by atoms with E-state index in [1.807, 2.05) is 41.5 Å². The Kier molecular flexibility index (Phi) is 42.6. The van der Waals surface area contributed by atoms with Crippen molar-refractivity contribution in [3.63, 3.8) is 0 Å². The number of carbonyl (C=O) groups is 1. The van der Waals surface area contributed by atoms with E-state index in [2.05, 4.69) is 31.3 Å². The van der Waals surface area contributed by atoms with Crippen molar-refractivity contribution in [3.05, 3.63) is 12.2 Å². The van der Waals surface area contributed by atoms with Gasteiger partial charge in [-0.1, -0.05) is 212 Å². The highest BCUT2D eigenvalue weighted by Crippen LogP contribution is 2.22. The van der Waals surface area contributed by atoms with Gasteiger partial charge >= 0.3 is 0 Å². The molecule has 8 heteroatoms. The van der Waals surface area contributed by atoms with Crippen LogP contribution >= 0.6 is 0 Å². The van der Waals surface area contributed by atoms with Crippen LogP contribution in [-0.2, 0) is 19.0 Å². The summed E-state index contributed by atoms with van der Waals surface area (Å²) in [4.78, 5) is 13.4. The summed E-state index contributed by atoms with van der Waals surface area (Å²) < 4.78 is 18.4. The Morgan fingerprint density at radius 3 is 1.33 bits per heavy atom. The highest BCUT2D eigenvalue weighted by Gasteiger charge is 2.34. The number of allylic oxidation sites excluding steroid dienone is 2. The van der Waals surface area contributed by atoms with Crippen LogP contribution in [0.3, 0.4) is 0 Å². The lowest BCUT2D eigenvalue weighted by atomic mass is 9.97. The average molecular weight is 911 g/mol. The zero-order chi connectivity index (χ0) is 47.6. The third kappa shape index (κ3) is 42.3. The van der Waals surface area contributed by atoms with Gasteiger partial charge in [0, 0.05) is 6.42 Å². The van der Waals surface area contributed by atoms with Crippen LogP contribution in [-0.4, -0.2) is 82.7 Å². The van der Waals surface area contributed by atoms with E-state index in [1.54, 1.807) is 0 Å².